The molecule has 0 spiro atoms. The van der Waals surface area contributed by atoms with Crippen molar-refractivity contribution < 1.29 is 28.6 Å². The summed E-state index contributed by atoms with van der Waals surface area (Å²) in [7, 11) is 0. The molecular weight excluding hydrogens is 781 g/mol. The Hall–Kier alpha value is -3.41. The monoisotopic (exact) mass is 877 g/mol. The third-order valence-corrected chi connectivity index (χ3v) is 10.9. The molecule has 0 aliphatic rings. The SMILES string of the molecule is CC/C=C\C/C=C\C/C=C\C/C=C\C/C=C\C/C=C\C/C=C\CCCCCCCCCC(=O)OCC(COC(=O)CCCCCCCCC)OC(=O)CCCCCCCCCCC. The van der Waals surface area contributed by atoms with Gasteiger partial charge in [0.15, 0.2) is 6.10 Å². The number of hydrogen-bond donors (Lipinski definition) is 0. The number of allylic oxidation sites excluding steroid dienone is 14. The van der Waals surface area contributed by atoms with Gasteiger partial charge < -0.3 is 14.2 Å². The Balaban J connectivity index is 4.11. The molecule has 0 aliphatic carbocycles. The number of carbonyl (C=O) groups excluding carboxylic acids is 3. The van der Waals surface area contributed by atoms with Crippen LogP contribution < -0.4 is 0 Å². The van der Waals surface area contributed by atoms with Crippen molar-refractivity contribution in [3.8, 4) is 0 Å². The zero-order chi connectivity index (χ0) is 45.8. The summed E-state index contributed by atoms with van der Waals surface area (Å²) < 4.78 is 16.7. The van der Waals surface area contributed by atoms with Gasteiger partial charge in [0.1, 0.15) is 13.2 Å². The fourth-order valence-electron chi connectivity index (χ4n) is 7.01. The number of carbonyl (C=O) groups is 3. The van der Waals surface area contributed by atoms with Gasteiger partial charge in [0.2, 0.25) is 0 Å². The lowest BCUT2D eigenvalue weighted by molar-refractivity contribution is -0.167. The Kier molecular flexibility index (Phi) is 48.5. The molecule has 6 heteroatoms. The molecule has 0 bridgehead atoms. The van der Waals surface area contributed by atoms with E-state index in [1.54, 1.807) is 0 Å². The Labute approximate surface area is 388 Å². The molecule has 0 rings (SSSR count). The lowest BCUT2D eigenvalue weighted by Crippen LogP contribution is -2.30. The molecule has 0 aliphatic heterocycles. The van der Waals surface area contributed by atoms with E-state index in [0.717, 1.165) is 109 Å². The summed E-state index contributed by atoms with van der Waals surface area (Å²) in [5.41, 5.74) is 0. The van der Waals surface area contributed by atoms with Crippen LogP contribution in [0.5, 0.6) is 0 Å². The van der Waals surface area contributed by atoms with Crippen LogP contribution in [-0.2, 0) is 28.6 Å². The normalized spacial score (nSPS) is 12.7. The predicted octanol–water partition coefficient (Wildman–Crippen LogP) is 17.2. The Morgan fingerprint density at radius 2 is 0.619 bits per heavy atom. The van der Waals surface area contributed by atoms with Gasteiger partial charge in [0.25, 0.3) is 0 Å². The standard InChI is InChI=1S/C57H96O6/c1-4-7-10-13-16-18-19-20-21-22-23-24-25-26-27-28-29-30-31-32-33-34-35-36-37-39-41-44-47-50-56(59)62-53-54(52-61-55(58)49-46-43-40-15-12-9-6-3)63-57(60)51-48-45-42-38-17-14-11-8-5-2/h7,10,16,18,20-21,23-24,26-27,29-30,32-33,54H,4-6,8-9,11-15,17,19,22,25,28,31,34-53H2,1-3H3/b10-7-,18-16-,21-20-,24-23-,27-26-,30-29-,33-32-. The van der Waals surface area contributed by atoms with Gasteiger partial charge >= 0.3 is 17.9 Å². The molecule has 0 saturated heterocycles. The molecule has 0 aromatic carbocycles. The fraction of sp³-hybridized carbons (Fsp3) is 0.702. The first kappa shape index (κ1) is 59.6. The molecule has 0 aromatic heterocycles. The second-order valence-electron chi connectivity index (χ2n) is 17.1. The van der Waals surface area contributed by atoms with Gasteiger partial charge in [-0.1, -0.05) is 228 Å². The maximum atomic E-state index is 12.7. The van der Waals surface area contributed by atoms with Crippen LogP contribution >= 0.6 is 0 Å². The maximum Gasteiger partial charge on any atom is 0.306 e. The second kappa shape index (κ2) is 51.2. The van der Waals surface area contributed by atoms with Crippen LogP contribution in [0.2, 0.25) is 0 Å². The highest BCUT2D eigenvalue weighted by Crippen LogP contribution is 2.14. The highest BCUT2D eigenvalue weighted by atomic mass is 16.6. The summed E-state index contributed by atoms with van der Waals surface area (Å²) in [6, 6.07) is 0. The third kappa shape index (κ3) is 49.5. The van der Waals surface area contributed by atoms with E-state index in [4.69, 9.17) is 14.2 Å². The molecule has 6 nitrogen and oxygen atoms in total. The van der Waals surface area contributed by atoms with Crippen molar-refractivity contribution in [2.75, 3.05) is 13.2 Å². The van der Waals surface area contributed by atoms with Crippen LogP contribution in [0.4, 0.5) is 0 Å². The Bertz CT molecular complexity index is 1240. The topological polar surface area (TPSA) is 78.9 Å². The van der Waals surface area contributed by atoms with Gasteiger partial charge in [-0.15, -0.1) is 0 Å². The Morgan fingerprint density at radius 1 is 0.333 bits per heavy atom. The van der Waals surface area contributed by atoms with Crippen molar-refractivity contribution in [1.82, 2.24) is 0 Å². The number of esters is 3. The van der Waals surface area contributed by atoms with Gasteiger partial charge in [-0.05, 0) is 77.0 Å². The van der Waals surface area contributed by atoms with Gasteiger partial charge in [-0.2, -0.15) is 0 Å². The van der Waals surface area contributed by atoms with E-state index in [9.17, 15) is 14.4 Å². The smallest absolute Gasteiger partial charge is 0.306 e. The molecule has 1 unspecified atom stereocenters. The summed E-state index contributed by atoms with van der Waals surface area (Å²) in [6.07, 6.45) is 66.0. The average Bonchev–Trinajstić information content (AvgIpc) is 3.28. The van der Waals surface area contributed by atoms with Crippen LogP contribution in [-0.4, -0.2) is 37.2 Å². The fourth-order valence-corrected chi connectivity index (χ4v) is 7.01. The van der Waals surface area contributed by atoms with E-state index in [1.165, 1.54) is 89.9 Å². The quantitative estimate of drug-likeness (QED) is 0.0262. The van der Waals surface area contributed by atoms with E-state index in [2.05, 4.69) is 106 Å². The number of unbranched alkanes of at least 4 members (excludes halogenated alkanes) is 21. The molecular formula is C57H96O6. The minimum atomic E-state index is -0.774. The number of rotatable bonds is 46. The van der Waals surface area contributed by atoms with Crippen molar-refractivity contribution in [1.29, 1.82) is 0 Å². The molecule has 1 atom stereocenters. The van der Waals surface area contributed by atoms with Gasteiger partial charge in [0, 0.05) is 19.3 Å². The lowest BCUT2D eigenvalue weighted by atomic mass is 10.1. The molecule has 0 N–H and O–H groups in total. The van der Waals surface area contributed by atoms with Gasteiger partial charge in [-0.3, -0.25) is 14.4 Å². The summed E-state index contributed by atoms with van der Waals surface area (Å²) in [4.78, 5) is 37.6. The lowest BCUT2D eigenvalue weighted by Gasteiger charge is -2.18. The molecule has 0 saturated carbocycles. The minimum absolute atomic E-state index is 0.0780. The van der Waals surface area contributed by atoms with Crippen molar-refractivity contribution in [3.63, 3.8) is 0 Å². The molecule has 0 amide bonds. The Morgan fingerprint density at radius 3 is 0.968 bits per heavy atom. The largest absolute Gasteiger partial charge is 0.462 e. The molecule has 0 radical (unpaired) electrons. The van der Waals surface area contributed by atoms with Crippen LogP contribution in [0, 0.1) is 0 Å². The van der Waals surface area contributed by atoms with Crippen molar-refractivity contribution in [2.24, 2.45) is 0 Å². The highest BCUT2D eigenvalue weighted by Gasteiger charge is 2.19. The van der Waals surface area contributed by atoms with Crippen molar-refractivity contribution in [3.05, 3.63) is 85.1 Å². The zero-order valence-corrected chi connectivity index (χ0v) is 41.1. The van der Waals surface area contributed by atoms with E-state index in [0.29, 0.717) is 19.3 Å². The molecule has 0 heterocycles. The molecule has 0 aromatic rings. The number of hydrogen-bond acceptors (Lipinski definition) is 6. The first-order valence-electron chi connectivity index (χ1n) is 26.1. The summed E-state index contributed by atoms with van der Waals surface area (Å²) in [5.74, 6) is -0.901. The second-order valence-corrected chi connectivity index (χ2v) is 17.1. The number of ether oxygens (including phenoxy) is 3. The van der Waals surface area contributed by atoms with Gasteiger partial charge in [0.05, 0.1) is 0 Å². The average molecular weight is 877 g/mol. The minimum Gasteiger partial charge on any atom is -0.462 e. The van der Waals surface area contributed by atoms with Crippen LogP contribution in [0.25, 0.3) is 0 Å². The summed E-state index contributed by atoms with van der Waals surface area (Å²) >= 11 is 0. The van der Waals surface area contributed by atoms with Crippen LogP contribution in [0.3, 0.4) is 0 Å². The zero-order valence-electron chi connectivity index (χ0n) is 41.1. The first-order valence-corrected chi connectivity index (χ1v) is 26.1. The highest BCUT2D eigenvalue weighted by molar-refractivity contribution is 5.71. The summed E-state index contributed by atoms with van der Waals surface area (Å²) in [5, 5.41) is 0. The molecule has 0 fully saturated rings. The van der Waals surface area contributed by atoms with E-state index >= 15 is 0 Å². The van der Waals surface area contributed by atoms with E-state index in [-0.39, 0.29) is 31.1 Å². The van der Waals surface area contributed by atoms with Gasteiger partial charge in [-0.25, -0.2) is 0 Å². The summed E-state index contributed by atoms with van der Waals surface area (Å²) in [6.45, 7) is 6.44. The predicted molar refractivity (Wildman–Crippen MR) is 270 cm³/mol. The maximum absolute atomic E-state index is 12.7. The van der Waals surface area contributed by atoms with Crippen LogP contribution in [0.1, 0.15) is 239 Å². The van der Waals surface area contributed by atoms with E-state index < -0.39 is 6.10 Å². The first-order chi connectivity index (χ1) is 31.0. The van der Waals surface area contributed by atoms with Crippen molar-refractivity contribution >= 4 is 17.9 Å². The molecule has 360 valence electrons. The van der Waals surface area contributed by atoms with Crippen molar-refractivity contribution in [2.45, 2.75) is 245 Å². The van der Waals surface area contributed by atoms with Crippen LogP contribution in [0.15, 0.2) is 85.1 Å². The van der Waals surface area contributed by atoms with E-state index in [1.807, 2.05) is 0 Å². The third-order valence-electron chi connectivity index (χ3n) is 10.9. The molecule has 63 heavy (non-hydrogen) atoms.